The Kier molecular flexibility index (Phi) is 12.4. The van der Waals surface area contributed by atoms with Crippen LogP contribution in [0.4, 0.5) is 0 Å². The van der Waals surface area contributed by atoms with E-state index in [-0.39, 0.29) is 36.8 Å². The molecular weight excluding hydrogens is 421 g/mol. The monoisotopic (exact) mass is 451 g/mol. The van der Waals surface area contributed by atoms with Crippen LogP contribution < -0.4 is 10.6 Å². The molecule has 3 rings (SSSR count). The molecule has 0 bridgehead atoms. The highest BCUT2D eigenvalue weighted by Crippen LogP contribution is 2.23. The van der Waals surface area contributed by atoms with Crippen molar-refractivity contribution in [1.82, 2.24) is 15.5 Å². The number of morpholine rings is 1. The van der Waals surface area contributed by atoms with Crippen LogP contribution in [0.25, 0.3) is 0 Å². The first kappa shape index (κ1) is 25.5. The summed E-state index contributed by atoms with van der Waals surface area (Å²) >= 11 is 6.04. The highest BCUT2D eigenvalue weighted by molar-refractivity contribution is 6.30. The second-order valence-electron chi connectivity index (χ2n) is 7.25. The Bertz CT molecular complexity index is 562. The van der Waals surface area contributed by atoms with Crippen molar-refractivity contribution in [3.05, 3.63) is 34.9 Å². The molecule has 2 aliphatic heterocycles. The van der Waals surface area contributed by atoms with Crippen molar-refractivity contribution >= 4 is 42.3 Å². The van der Waals surface area contributed by atoms with Crippen molar-refractivity contribution in [1.29, 1.82) is 0 Å². The van der Waals surface area contributed by atoms with Crippen LogP contribution in [0, 0.1) is 5.92 Å². The predicted octanol–water partition coefficient (Wildman–Crippen LogP) is 3.45. The van der Waals surface area contributed by atoms with E-state index in [4.69, 9.17) is 16.3 Å². The lowest BCUT2D eigenvalue weighted by molar-refractivity contribution is -0.121. The number of nitrogens with one attached hydrogen (secondary N) is 2. The predicted molar refractivity (Wildman–Crippen MR) is 119 cm³/mol. The number of hydrogen-bond acceptors (Lipinski definition) is 4. The summed E-state index contributed by atoms with van der Waals surface area (Å²) in [5, 5.41) is 7.27. The normalized spacial score (nSPS) is 19.2. The number of ether oxygens (including phenoxy) is 1. The topological polar surface area (TPSA) is 53.6 Å². The van der Waals surface area contributed by atoms with Crippen molar-refractivity contribution in [2.45, 2.75) is 31.7 Å². The quantitative estimate of drug-likeness (QED) is 0.665. The first-order valence-corrected chi connectivity index (χ1v) is 10.1. The maximum atomic E-state index is 12.4. The lowest BCUT2D eigenvalue weighted by Gasteiger charge is -2.35. The Hall–Kier alpha value is -0.560. The van der Waals surface area contributed by atoms with Crippen LogP contribution in [0.2, 0.25) is 5.02 Å². The molecule has 1 unspecified atom stereocenters. The summed E-state index contributed by atoms with van der Waals surface area (Å²) in [5.74, 6) is 0.851. The summed E-state index contributed by atoms with van der Waals surface area (Å²) in [6.07, 6.45) is 4.00. The standard InChI is InChI=1S/C20H30ClN3O2.2ClH/c21-18-4-2-17(3-5-18)19(24-11-13-26-14-12-24)15-23-20(25)6-1-16-7-9-22-10-8-16;;/h2-5,16,19,22H,1,6-15H2,(H,23,25);2*1H. The van der Waals surface area contributed by atoms with Gasteiger partial charge < -0.3 is 15.4 Å². The minimum absolute atomic E-state index is 0. The van der Waals surface area contributed by atoms with Gasteiger partial charge in [0, 0.05) is 31.1 Å². The van der Waals surface area contributed by atoms with Crippen LogP contribution in [0.5, 0.6) is 0 Å². The zero-order valence-corrected chi connectivity index (χ0v) is 18.6. The van der Waals surface area contributed by atoms with E-state index in [2.05, 4.69) is 27.7 Å². The van der Waals surface area contributed by atoms with E-state index in [1.807, 2.05) is 12.1 Å². The maximum Gasteiger partial charge on any atom is 0.220 e. The van der Waals surface area contributed by atoms with E-state index in [9.17, 15) is 4.79 Å². The molecule has 0 radical (unpaired) electrons. The smallest absolute Gasteiger partial charge is 0.220 e. The summed E-state index contributed by atoms with van der Waals surface area (Å²) in [7, 11) is 0. The van der Waals surface area contributed by atoms with Gasteiger partial charge in [-0.15, -0.1) is 24.8 Å². The van der Waals surface area contributed by atoms with Gasteiger partial charge >= 0.3 is 0 Å². The third-order valence-corrected chi connectivity index (χ3v) is 5.72. The number of rotatable bonds is 7. The minimum Gasteiger partial charge on any atom is -0.379 e. The molecular formula is C20H32Cl3N3O2. The summed E-state index contributed by atoms with van der Waals surface area (Å²) in [6, 6.07) is 8.12. The Morgan fingerprint density at radius 2 is 1.82 bits per heavy atom. The van der Waals surface area contributed by atoms with Crippen LogP contribution in [0.3, 0.4) is 0 Å². The molecule has 0 aromatic heterocycles. The number of carbonyl (C=O) groups is 1. The molecule has 5 nitrogen and oxygen atoms in total. The number of halogens is 3. The molecule has 28 heavy (non-hydrogen) atoms. The number of amides is 1. The van der Waals surface area contributed by atoms with Crippen LogP contribution in [0.1, 0.15) is 37.3 Å². The molecule has 0 aliphatic carbocycles. The van der Waals surface area contributed by atoms with Crippen molar-refractivity contribution in [3.8, 4) is 0 Å². The van der Waals surface area contributed by atoms with E-state index < -0.39 is 0 Å². The fraction of sp³-hybridized carbons (Fsp3) is 0.650. The molecule has 1 aromatic rings. The van der Waals surface area contributed by atoms with Gasteiger partial charge in [-0.05, 0) is 56.0 Å². The molecule has 8 heteroatoms. The molecule has 1 aromatic carbocycles. The first-order valence-electron chi connectivity index (χ1n) is 9.77. The molecule has 2 fully saturated rings. The van der Waals surface area contributed by atoms with Gasteiger partial charge in [0.05, 0.1) is 19.3 Å². The van der Waals surface area contributed by atoms with Crippen molar-refractivity contribution < 1.29 is 9.53 Å². The van der Waals surface area contributed by atoms with Crippen LogP contribution in [-0.4, -0.2) is 56.7 Å². The van der Waals surface area contributed by atoms with Crippen molar-refractivity contribution in [3.63, 3.8) is 0 Å². The van der Waals surface area contributed by atoms with Gasteiger partial charge in [0.15, 0.2) is 0 Å². The zero-order chi connectivity index (χ0) is 18.2. The highest BCUT2D eigenvalue weighted by atomic mass is 35.5. The number of carbonyl (C=O) groups excluding carboxylic acids is 1. The second-order valence-corrected chi connectivity index (χ2v) is 7.69. The molecule has 2 saturated heterocycles. The minimum atomic E-state index is 0. The van der Waals surface area contributed by atoms with Gasteiger partial charge in [0.25, 0.3) is 0 Å². The summed E-state index contributed by atoms with van der Waals surface area (Å²) in [5.41, 5.74) is 1.19. The molecule has 1 amide bonds. The van der Waals surface area contributed by atoms with E-state index in [1.54, 1.807) is 0 Å². The lowest BCUT2D eigenvalue weighted by Crippen LogP contribution is -2.43. The van der Waals surface area contributed by atoms with Gasteiger partial charge in [-0.3, -0.25) is 9.69 Å². The SMILES string of the molecule is Cl.Cl.O=C(CCC1CCNCC1)NCC(c1ccc(Cl)cc1)N1CCOCC1. The van der Waals surface area contributed by atoms with Crippen molar-refractivity contribution in [2.24, 2.45) is 5.92 Å². The number of nitrogens with zero attached hydrogens (tertiary/aromatic N) is 1. The van der Waals surface area contributed by atoms with Gasteiger partial charge in [-0.25, -0.2) is 0 Å². The molecule has 0 spiro atoms. The Balaban J connectivity index is 0.00000196. The average Bonchev–Trinajstić information content (AvgIpc) is 2.69. The van der Waals surface area contributed by atoms with Crippen LogP contribution in [-0.2, 0) is 9.53 Å². The fourth-order valence-corrected chi connectivity index (χ4v) is 3.96. The van der Waals surface area contributed by atoms with Gasteiger partial charge in [-0.2, -0.15) is 0 Å². The Morgan fingerprint density at radius 3 is 2.46 bits per heavy atom. The van der Waals surface area contributed by atoms with Gasteiger partial charge in [-0.1, -0.05) is 23.7 Å². The molecule has 2 aliphatic rings. The Morgan fingerprint density at radius 1 is 1.18 bits per heavy atom. The molecule has 160 valence electrons. The molecule has 1 atom stereocenters. The van der Waals surface area contributed by atoms with Gasteiger partial charge in [0.2, 0.25) is 5.91 Å². The zero-order valence-electron chi connectivity index (χ0n) is 16.2. The summed E-state index contributed by atoms with van der Waals surface area (Å²) in [6.45, 7) is 6.06. The molecule has 2 heterocycles. The molecule has 0 saturated carbocycles. The lowest BCUT2D eigenvalue weighted by atomic mass is 9.93. The van der Waals surface area contributed by atoms with Crippen LogP contribution >= 0.6 is 36.4 Å². The number of piperidine rings is 1. The first-order chi connectivity index (χ1) is 12.7. The summed E-state index contributed by atoms with van der Waals surface area (Å²) in [4.78, 5) is 14.8. The van der Waals surface area contributed by atoms with Crippen LogP contribution in [0.15, 0.2) is 24.3 Å². The number of benzene rings is 1. The largest absolute Gasteiger partial charge is 0.379 e. The fourth-order valence-electron chi connectivity index (χ4n) is 3.84. The van der Waals surface area contributed by atoms with E-state index in [1.165, 1.54) is 18.4 Å². The third kappa shape index (κ3) is 8.05. The van der Waals surface area contributed by atoms with E-state index >= 15 is 0 Å². The average molecular weight is 453 g/mol. The third-order valence-electron chi connectivity index (χ3n) is 5.47. The van der Waals surface area contributed by atoms with E-state index in [0.717, 1.165) is 50.8 Å². The Labute approximate surface area is 185 Å². The van der Waals surface area contributed by atoms with E-state index in [0.29, 0.717) is 18.9 Å². The van der Waals surface area contributed by atoms with Crippen molar-refractivity contribution in [2.75, 3.05) is 45.9 Å². The molecule has 2 N–H and O–H groups in total. The maximum absolute atomic E-state index is 12.4. The number of hydrogen-bond donors (Lipinski definition) is 2. The van der Waals surface area contributed by atoms with Gasteiger partial charge in [0.1, 0.15) is 0 Å². The second kappa shape index (κ2) is 13.6. The summed E-state index contributed by atoms with van der Waals surface area (Å²) < 4.78 is 5.48. The highest BCUT2D eigenvalue weighted by Gasteiger charge is 2.23.